The van der Waals surface area contributed by atoms with Crippen LogP contribution in [0.1, 0.15) is 6.42 Å². The number of imide groups is 1. The number of nitrogens with zero attached hydrogens (tertiary/aromatic N) is 1. The number of nitrogens with one attached hydrogen (secondary N) is 1. The van der Waals surface area contributed by atoms with Gasteiger partial charge in [0.1, 0.15) is 6.04 Å². The highest BCUT2D eigenvalue weighted by Gasteiger charge is 2.39. The molecule has 1 heterocycles. The van der Waals surface area contributed by atoms with E-state index in [-0.39, 0.29) is 18.2 Å². The smallest absolute Gasteiger partial charge is 0.256 e. The van der Waals surface area contributed by atoms with E-state index in [1.807, 2.05) is 42.5 Å². The first-order valence-corrected chi connectivity index (χ1v) is 7.67. The van der Waals surface area contributed by atoms with Crippen LogP contribution in [-0.2, 0) is 9.59 Å². The van der Waals surface area contributed by atoms with Crippen molar-refractivity contribution >= 4 is 45.8 Å². The predicted molar refractivity (Wildman–Crippen MR) is 90.1 cm³/mol. The fourth-order valence-electron chi connectivity index (χ4n) is 2.34. The molecule has 1 aliphatic heterocycles. The molecule has 21 heavy (non-hydrogen) atoms. The molecule has 1 saturated heterocycles. The van der Waals surface area contributed by atoms with Gasteiger partial charge in [0.25, 0.3) is 5.91 Å². The van der Waals surface area contributed by atoms with Crippen LogP contribution >= 0.6 is 22.6 Å². The minimum atomic E-state index is -0.502. The molecule has 1 atom stereocenters. The topological polar surface area (TPSA) is 49.4 Å². The zero-order valence-corrected chi connectivity index (χ0v) is 13.3. The SMILES string of the molecule is O=C1C[C@@H](Nc2ccc(I)cc2)C(=O)N1c1ccccc1. The van der Waals surface area contributed by atoms with Crippen LogP contribution in [0.5, 0.6) is 0 Å². The molecule has 4 nitrogen and oxygen atoms in total. The van der Waals surface area contributed by atoms with Crippen LogP contribution in [0, 0.1) is 3.57 Å². The summed E-state index contributed by atoms with van der Waals surface area (Å²) in [5.41, 5.74) is 1.47. The lowest BCUT2D eigenvalue weighted by Crippen LogP contribution is -2.34. The lowest BCUT2D eigenvalue weighted by Gasteiger charge is -2.16. The summed E-state index contributed by atoms with van der Waals surface area (Å²) in [5.74, 6) is -0.376. The molecule has 0 unspecified atom stereocenters. The average Bonchev–Trinajstić information content (AvgIpc) is 2.77. The second-order valence-corrected chi connectivity index (χ2v) is 6.06. The van der Waals surface area contributed by atoms with E-state index in [0.717, 1.165) is 9.26 Å². The standard InChI is InChI=1S/C16H13IN2O2/c17-11-6-8-12(9-7-11)18-14-10-15(20)19(16(14)21)13-4-2-1-3-5-13/h1-9,14,18H,10H2/t14-/m1/s1. The molecule has 0 spiro atoms. The Morgan fingerprint density at radius 2 is 1.67 bits per heavy atom. The molecule has 0 aliphatic carbocycles. The van der Waals surface area contributed by atoms with E-state index in [2.05, 4.69) is 27.9 Å². The van der Waals surface area contributed by atoms with Gasteiger partial charge in [0, 0.05) is 9.26 Å². The van der Waals surface area contributed by atoms with Crippen molar-refractivity contribution in [1.29, 1.82) is 0 Å². The summed E-state index contributed by atoms with van der Waals surface area (Å²) in [6.45, 7) is 0. The molecular formula is C16H13IN2O2. The van der Waals surface area contributed by atoms with Gasteiger partial charge in [0.05, 0.1) is 12.1 Å². The van der Waals surface area contributed by atoms with Gasteiger partial charge in [0.2, 0.25) is 5.91 Å². The van der Waals surface area contributed by atoms with Crippen LogP contribution in [0.25, 0.3) is 0 Å². The van der Waals surface area contributed by atoms with Gasteiger partial charge in [0.15, 0.2) is 0 Å². The van der Waals surface area contributed by atoms with Gasteiger partial charge in [-0.05, 0) is 59.0 Å². The Labute approximate surface area is 136 Å². The van der Waals surface area contributed by atoms with E-state index in [1.54, 1.807) is 12.1 Å². The molecule has 0 saturated carbocycles. The van der Waals surface area contributed by atoms with Gasteiger partial charge in [-0.3, -0.25) is 9.59 Å². The Kier molecular flexibility index (Phi) is 3.92. The van der Waals surface area contributed by atoms with Crippen LogP contribution in [0.15, 0.2) is 54.6 Å². The molecule has 0 bridgehead atoms. The minimum Gasteiger partial charge on any atom is -0.373 e. The first kappa shape index (κ1) is 14.1. The second-order valence-electron chi connectivity index (χ2n) is 4.81. The molecule has 2 aromatic rings. The van der Waals surface area contributed by atoms with Gasteiger partial charge in [-0.25, -0.2) is 4.90 Å². The van der Waals surface area contributed by atoms with E-state index >= 15 is 0 Å². The molecule has 1 aliphatic rings. The normalized spacial score (nSPS) is 18.1. The van der Waals surface area contributed by atoms with Crippen molar-refractivity contribution in [3.63, 3.8) is 0 Å². The first-order valence-electron chi connectivity index (χ1n) is 6.59. The van der Waals surface area contributed by atoms with Crippen molar-refractivity contribution in [3.05, 3.63) is 58.2 Å². The van der Waals surface area contributed by atoms with Crippen molar-refractivity contribution in [1.82, 2.24) is 0 Å². The molecule has 1 N–H and O–H groups in total. The second kappa shape index (κ2) is 5.85. The highest BCUT2D eigenvalue weighted by atomic mass is 127. The van der Waals surface area contributed by atoms with Gasteiger partial charge in [-0.15, -0.1) is 0 Å². The number of carbonyl (C=O) groups is 2. The first-order chi connectivity index (χ1) is 10.1. The fourth-order valence-corrected chi connectivity index (χ4v) is 2.70. The van der Waals surface area contributed by atoms with Crippen molar-refractivity contribution in [2.75, 3.05) is 10.2 Å². The van der Waals surface area contributed by atoms with Crippen LogP contribution in [-0.4, -0.2) is 17.9 Å². The number of para-hydroxylation sites is 1. The Morgan fingerprint density at radius 3 is 2.33 bits per heavy atom. The zero-order valence-electron chi connectivity index (χ0n) is 11.1. The molecule has 5 heteroatoms. The monoisotopic (exact) mass is 392 g/mol. The Balaban J connectivity index is 1.79. The predicted octanol–water partition coefficient (Wildman–Crippen LogP) is 3.04. The number of benzene rings is 2. The molecule has 0 radical (unpaired) electrons. The van der Waals surface area contributed by atoms with E-state index in [4.69, 9.17) is 0 Å². The number of rotatable bonds is 3. The fraction of sp³-hybridized carbons (Fsp3) is 0.125. The Hall–Kier alpha value is -1.89. The van der Waals surface area contributed by atoms with Crippen molar-refractivity contribution in [2.45, 2.75) is 12.5 Å². The third-order valence-corrected chi connectivity index (χ3v) is 4.07. The summed E-state index contributed by atoms with van der Waals surface area (Å²) in [6, 6.07) is 16.2. The lowest BCUT2D eigenvalue weighted by atomic mass is 10.2. The van der Waals surface area contributed by atoms with E-state index in [1.165, 1.54) is 4.90 Å². The quantitative estimate of drug-likeness (QED) is 0.646. The minimum absolute atomic E-state index is 0.172. The number of carbonyl (C=O) groups excluding carboxylic acids is 2. The Morgan fingerprint density at radius 1 is 1.00 bits per heavy atom. The largest absolute Gasteiger partial charge is 0.373 e. The van der Waals surface area contributed by atoms with E-state index in [0.29, 0.717) is 5.69 Å². The number of amides is 2. The maximum Gasteiger partial charge on any atom is 0.256 e. The van der Waals surface area contributed by atoms with Crippen molar-refractivity contribution in [2.24, 2.45) is 0 Å². The Bertz CT molecular complexity index is 670. The molecule has 3 rings (SSSR count). The van der Waals surface area contributed by atoms with Crippen LogP contribution in [0.2, 0.25) is 0 Å². The summed E-state index contributed by atoms with van der Waals surface area (Å²) in [4.78, 5) is 25.8. The van der Waals surface area contributed by atoms with Crippen molar-refractivity contribution < 1.29 is 9.59 Å². The number of hydrogen-bond donors (Lipinski definition) is 1. The molecule has 1 fully saturated rings. The van der Waals surface area contributed by atoms with Gasteiger partial charge in [-0.2, -0.15) is 0 Å². The average molecular weight is 392 g/mol. The summed E-state index contributed by atoms with van der Waals surface area (Å²) < 4.78 is 1.12. The lowest BCUT2D eigenvalue weighted by molar-refractivity contribution is -0.121. The molecule has 106 valence electrons. The highest BCUT2D eigenvalue weighted by molar-refractivity contribution is 14.1. The van der Waals surface area contributed by atoms with Crippen LogP contribution in [0.3, 0.4) is 0 Å². The summed E-state index contributed by atoms with van der Waals surface area (Å²) >= 11 is 2.22. The van der Waals surface area contributed by atoms with Gasteiger partial charge in [-0.1, -0.05) is 18.2 Å². The maximum atomic E-state index is 12.4. The third-order valence-electron chi connectivity index (χ3n) is 3.35. The summed E-state index contributed by atoms with van der Waals surface area (Å²) in [5, 5.41) is 3.13. The number of hydrogen-bond acceptors (Lipinski definition) is 3. The third kappa shape index (κ3) is 2.92. The van der Waals surface area contributed by atoms with E-state index in [9.17, 15) is 9.59 Å². The molecule has 2 amide bonds. The molecular weight excluding hydrogens is 379 g/mol. The number of halogens is 1. The summed E-state index contributed by atoms with van der Waals surface area (Å²) in [7, 11) is 0. The van der Waals surface area contributed by atoms with Gasteiger partial charge >= 0.3 is 0 Å². The van der Waals surface area contributed by atoms with Crippen LogP contribution < -0.4 is 10.2 Å². The van der Waals surface area contributed by atoms with Crippen molar-refractivity contribution in [3.8, 4) is 0 Å². The molecule has 2 aromatic carbocycles. The van der Waals surface area contributed by atoms with Gasteiger partial charge < -0.3 is 5.32 Å². The van der Waals surface area contributed by atoms with E-state index < -0.39 is 6.04 Å². The molecule has 0 aromatic heterocycles. The zero-order chi connectivity index (χ0) is 14.8. The number of anilines is 2. The summed E-state index contributed by atoms with van der Waals surface area (Å²) in [6.07, 6.45) is 0.180. The van der Waals surface area contributed by atoms with Crippen LogP contribution in [0.4, 0.5) is 11.4 Å². The maximum absolute atomic E-state index is 12.4. The highest BCUT2D eigenvalue weighted by Crippen LogP contribution is 2.24.